The topological polar surface area (TPSA) is 61.0 Å². The van der Waals surface area contributed by atoms with Crippen LogP contribution in [-0.4, -0.2) is 15.6 Å². The molecule has 0 aliphatic heterocycles. The van der Waals surface area contributed by atoms with E-state index in [1.54, 1.807) is 12.4 Å². The minimum absolute atomic E-state index is 0.0611. The Morgan fingerprint density at radius 3 is 2.75 bits per heavy atom. The molecule has 1 saturated carbocycles. The lowest BCUT2D eigenvalue weighted by molar-refractivity contribution is 0.194. The highest BCUT2D eigenvalue weighted by Gasteiger charge is 2.40. The minimum Gasteiger partial charge on any atom is -0.471 e. The zero-order valence-electron chi connectivity index (χ0n) is 11.7. The molecule has 2 heterocycles. The lowest BCUT2D eigenvalue weighted by Gasteiger charge is -2.17. The number of pyridine rings is 2. The number of nitrogens with zero attached hydrogens (tertiary/aromatic N) is 2. The van der Waals surface area contributed by atoms with Crippen molar-refractivity contribution in [2.45, 2.75) is 44.8 Å². The molecule has 0 bridgehead atoms. The van der Waals surface area contributed by atoms with Gasteiger partial charge in [0.1, 0.15) is 10.8 Å². The Bertz CT molecular complexity index is 655. The summed E-state index contributed by atoms with van der Waals surface area (Å²) in [5.74, 6) is 0.621. The molecule has 2 N–H and O–H groups in total. The monoisotopic (exact) mass is 291 g/mol. The molecule has 5 heteroatoms. The van der Waals surface area contributed by atoms with Crippen molar-refractivity contribution in [2.24, 2.45) is 5.73 Å². The highest BCUT2D eigenvalue weighted by molar-refractivity contribution is 6.30. The summed E-state index contributed by atoms with van der Waals surface area (Å²) in [5, 5.41) is 2.31. The van der Waals surface area contributed by atoms with E-state index in [1.165, 1.54) is 0 Å². The molecular weight excluding hydrogens is 274 g/mol. The van der Waals surface area contributed by atoms with E-state index in [0.717, 1.165) is 35.6 Å². The van der Waals surface area contributed by atoms with Gasteiger partial charge >= 0.3 is 0 Å². The Hall–Kier alpha value is -1.39. The van der Waals surface area contributed by atoms with Gasteiger partial charge in [0.05, 0.1) is 5.39 Å². The largest absolute Gasteiger partial charge is 0.471 e. The number of hydrogen-bond donors (Lipinski definition) is 1. The molecule has 2 aromatic heterocycles. The molecule has 20 heavy (non-hydrogen) atoms. The summed E-state index contributed by atoms with van der Waals surface area (Å²) in [6, 6.07) is 1.78. The Morgan fingerprint density at radius 1 is 1.35 bits per heavy atom. The van der Waals surface area contributed by atoms with Crippen molar-refractivity contribution in [3.05, 3.63) is 29.2 Å². The standard InChI is InChI=1S/C15H18ClN3O/c1-3-12(17)10-7-19-14(20-15(2)4-5-15)11-8-18-13(16)6-9(10)11/h6-8,12H,3-5,17H2,1-2H3. The molecular formula is C15H18ClN3O. The molecule has 0 radical (unpaired) electrons. The lowest BCUT2D eigenvalue weighted by Crippen LogP contribution is -2.15. The van der Waals surface area contributed by atoms with Crippen LogP contribution in [-0.2, 0) is 0 Å². The Balaban J connectivity index is 2.14. The Kier molecular flexibility index (Phi) is 3.30. The van der Waals surface area contributed by atoms with Gasteiger partial charge in [-0.05, 0) is 43.2 Å². The maximum absolute atomic E-state index is 6.16. The van der Waals surface area contributed by atoms with Gasteiger partial charge in [-0.25, -0.2) is 9.97 Å². The summed E-state index contributed by atoms with van der Waals surface area (Å²) >= 11 is 6.02. The molecule has 1 unspecified atom stereocenters. The smallest absolute Gasteiger partial charge is 0.223 e. The van der Waals surface area contributed by atoms with Crippen LogP contribution in [0.3, 0.4) is 0 Å². The van der Waals surface area contributed by atoms with Crippen molar-refractivity contribution >= 4 is 22.4 Å². The first-order valence-electron chi connectivity index (χ1n) is 6.91. The Morgan fingerprint density at radius 2 is 2.10 bits per heavy atom. The highest BCUT2D eigenvalue weighted by Crippen LogP contribution is 2.41. The van der Waals surface area contributed by atoms with Crippen LogP contribution in [0.2, 0.25) is 5.15 Å². The second-order valence-electron chi connectivity index (χ2n) is 5.64. The van der Waals surface area contributed by atoms with E-state index < -0.39 is 0 Å². The van der Waals surface area contributed by atoms with Crippen LogP contribution < -0.4 is 10.5 Å². The van der Waals surface area contributed by atoms with Crippen LogP contribution in [0.5, 0.6) is 5.88 Å². The fourth-order valence-electron chi connectivity index (χ4n) is 2.21. The van der Waals surface area contributed by atoms with Crippen molar-refractivity contribution in [1.82, 2.24) is 9.97 Å². The molecule has 1 atom stereocenters. The van der Waals surface area contributed by atoms with E-state index in [-0.39, 0.29) is 11.6 Å². The predicted octanol–water partition coefficient (Wildman–Crippen LogP) is 3.62. The number of fused-ring (bicyclic) bond motifs is 1. The van der Waals surface area contributed by atoms with E-state index in [9.17, 15) is 0 Å². The van der Waals surface area contributed by atoms with Crippen molar-refractivity contribution in [3.8, 4) is 5.88 Å². The predicted molar refractivity (Wildman–Crippen MR) is 80.0 cm³/mol. The first-order chi connectivity index (χ1) is 9.52. The minimum atomic E-state index is -0.0754. The average Bonchev–Trinajstić information content (AvgIpc) is 3.15. The molecule has 0 spiro atoms. The van der Waals surface area contributed by atoms with Gasteiger partial charge in [0.2, 0.25) is 5.88 Å². The van der Waals surface area contributed by atoms with Gasteiger partial charge in [-0.3, -0.25) is 0 Å². The zero-order valence-corrected chi connectivity index (χ0v) is 12.4. The van der Waals surface area contributed by atoms with E-state index >= 15 is 0 Å². The van der Waals surface area contributed by atoms with E-state index in [1.807, 2.05) is 6.07 Å². The van der Waals surface area contributed by atoms with Gasteiger partial charge in [0, 0.05) is 18.4 Å². The molecule has 4 nitrogen and oxygen atoms in total. The van der Waals surface area contributed by atoms with Crippen LogP contribution in [0.25, 0.3) is 10.8 Å². The SMILES string of the molecule is CCC(N)c1cnc(OC2(C)CC2)c2cnc(Cl)cc12. The number of ether oxygens (including phenoxy) is 1. The van der Waals surface area contributed by atoms with Gasteiger partial charge in [-0.1, -0.05) is 18.5 Å². The summed E-state index contributed by atoms with van der Waals surface area (Å²) in [5.41, 5.74) is 7.07. The summed E-state index contributed by atoms with van der Waals surface area (Å²) in [4.78, 5) is 8.59. The summed E-state index contributed by atoms with van der Waals surface area (Å²) < 4.78 is 6.00. The van der Waals surface area contributed by atoms with E-state index in [2.05, 4.69) is 23.8 Å². The number of rotatable bonds is 4. The number of aromatic nitrogens is 2. The van der Waals surface area contributed by atoms with Crippen molar-refractivity contribution in [1.29, 1.82) is 0 Å². The van der Waals surface area contributed by atoms with Crippen molar-refractivity contribution in [2.75, 3.05) is 0 Å². The third-order valence-corrected chi connectivity index (χ3v) is 4.08. The molecule has 1 aliphatic carbocycles. The zero-order chi connectivity index (χ0) is 14.3. The van der Waals surface area contributed by atoms with Crippen LogP contribution in [0, 0.1) is 0 Å². The third-order valence-electron chi connectivity index (χ3n) is 3.87. The van der Waals surface area contributed by atoms with Crippen LogP contribution in [0.4, 0.5) is 0 Å². The Labute approximate surface area is 123 Å². The molecule has 106 valence electrons. The normalized spacial score (nSPS) is 18.0. The van der Waals surface area contributed by atoms with Crippen LogP contribution >= 0.6 is 11.6 Å². The highest BCUT2D eigenvalue weighted by atomic mass is 35.5. The molecule has 0 saturated heterocycles. The maximum atomic E-state index is 6.16. The molecule has 2 aromatic rings. The summed E-state index contributed by atoms with van der Waals surface area (Å²) in [6.07, 6.45) is 6.49. The number of halogens is 1. The molecule has 0 aromatic carbocycles. The molecule has 1 fully saturated rings. The lowest BCUT2D eigenvalue weighted by atomic mass is 10.0. The van der Waals surface area contributed by atoms with Gasteiger partial charge < -0.3 is 10.5 Å². The first kappa shape index (κ1) is 13.6. The molecule has 0 amide bonds. The maximum Gasteiger partial charge on any atom is 0.223 e. The second kappa shape index (κ2) is 4.86. The summed E-state index contributed by atoms with van der Waals surface area (Å²) in [7, 11) is 0. The quantitative estimate of drug-likeness (QED) is 0.874. The van der Waals surface area contributed by atoms with Crippen molar-refractivity contribution in [3.63, 3.8) is 0 Å². The van der Waals surface area contributed by atoms with Gasteiger partial charge in [-0.15, -0.1) is 0 Å². The van der Waals surface area contributed by atoms with Crippen LogP contribution in [0.15, 0.2) is 18.5 Å². The average molecular weight is 292 g/mol. The number of hydrogen-bond acceptors (Lipinski definition) is 4. The second-order valence-corrected chi connectivity index (χ2v) is 6.03. The number of nitrogens with two attached hydrogens (primary N) is 1. The summed E-state index contributed by atoms with van der Waals surface area (Å²) in [6.45, 7) is 4.14. The first-order valence-corrected chi connectivity index (χ1v) is 7.29. The van der Waals surface area contributed by atoms with Gasteiger partial charge in [0.15, 0.2) is 0 Å². The van der Waals surface area contributed by atoms with Crippen LogP contribution in [0.1, 0.15) is 44.7 Å². The fourth-order valence-corrected chi connectivity index (χ4v) is 2.37. The fraction of sp³-hybridized carbons (Fsp3) is 0.467. The van der Waals surface area contributed by atoms with E-state index in [4.69, 9.17) is 22.1 Å². The van der Waals surface area contributed by atoms with E-state index in [0.29, 0.717) is 11.0 Å². The third kappa shape index (κ3) is 2.45. The van der Waals surface area contributed by atoms with Gasteiger partial charge in [0.25, 0.3) is 0 Å². The molecule has 3 rings (SSSR count). The van der Waals surface area contributed by atoms with Crippen molar-refractivity contribution < 1.29 is 4.74 Å². The molecule has 1 aliphatic rings. The van der Waals surface area contributed by atoms with Gasteiger partial charge in [-0.2, -0.15) is 0 Å².